The maximum atomic E-state index is 12.0. The van der Waals surface area contributed by atoms with E-state index in [9.17, 15) is 4.79 Å². The van der Waals surface area contributed by atoms with Crippen LogP contribution in [0.3, 0.4) is 0 Å². The zero-order valence-corrected chi connectivity index (χ0v) is 13.0. The van der Waals surface area contributed by atoms with Gasteiger partial charge in [-0.3, -0.25) is 9.58 Å². The Bertz CT molecular complexity index is 528. The first kappa shape index (κ1) is 14.5. The van der Waals surface area contributed by atoms with Gasteiger partial charge >= 0.3 is 5.97 Å². The van der Waals surface area contributed by atoms with E-state index in [4.69, 9.17) is 4.74 Å². The van der Waals surface area contributed by atoms with E-state index in [0.717, 1.165) is 43.7 Å². The molecule has 1 aromatic rings. The fourth-order valence-corrected chi connectivity index (χ4v) is 3.69. The summed E-state index contributed by atoms with van der Waals surface area (Å²) in [5.74, 6) is 1.19. The van der Waals surface area contributed by atoms with E-state index in [1.54, 1.807) is 10.9 Å². The Balaban J connectivity index is 1.76. The molecule has 0 spiro atoms. The molecule has 6 nitrogen and oxygen atoms in total. The van der Waals surface area contributed by atoms with Crippen LogP contribution in [0.1, 0.15) is 29.9 Å². The van der Waals surface area contributed by atoms with Gasteiger partial charge in [-0.05, 0) is 38.8 Å². The summed E-state index contributed by atoms with van der Waals surface area (Å²) in [5, 5.41) is 7.71. The first-order chi connectivity index (χ1) is 10.1. The molecule has 2 aliphatic rings. The molecule has 0 radical (unpaired) electrons. The molecule has 1 aromatic heterocycles. The third-order valence-corrected chi connectivity index (χ3v) is 4.97. The average molecular weight is 292 g/mol. The Hall–Kier alpha value is -1.40. The lowest BCUT2D eigenvalue weighted by Crippen LogP contribution is -2.33. The van der Waals surface area contributed by atoms with E-state index in [0.29, 0.717) is 18.2 Å². The Morgan fingerprint density at radius 1 is 1.52 bits per heavy atom. The summed E-state index contributed by atoms with van der Waals surface area (Å²) in [7, 11) is 1.89. The van der Waals surface area contributed by atoms with Gasteiger partial charge in [-0.1, -0.05) is 0 Å². The van der Waals surface area contributed by atoms with Crippen LogP contribution in [0.2, 0.25) is 0 Å². The molecule has 116 valence electrons. The molecule has 3 unspecified atom stereocenters. The minimum absolute atomic E-state index is 0.269. The topological polar surface area (TPSA) is 59.4 Å². The number of nitrogens with zero attached hydrogens (tertiary/aromatic N) is 3. The molecule has 0 aromatic carbocycles. The van der Waals surface area contributed by atoms with Gasteiger partial charge in [0.05, 0.1) is 18.5 Å². The Kier molecular flexibility index (Phi) is 3.99. The van der Waals surface area contributed by atoms with Crippen molar-refractivity contribution in [1.82, 2.24) is 20.0 Å². The monoisotopic (exact) mass is 292 g/mol. The maximum absolute atomic E-state index is 12.0. The Morgan fingerprint density at radius 2 is 2.33 bits per heavy atom. The van der Waals surface area contributed by atoms with Gasteiger partial charge in [0.15, 0.2) is 0 Å². The molecular formula is C15H24N4O2. The van der Waals surface area contributed by atoms with E-state index in [1.807, 2.05) is 14.0 Å². The number of fused-ring (bicyclic) bond motifs is 1. The van der Waals surface area contributed by atoms with Crippen LogP contribution in [0, 0.1) is 11.8 Å². The number of hydrogen-bond acceptors (Lipinski definition) is 5. The van der Waals surface area contributed by atoms with Crippen molar-refractivity contribution in [2.24, 2.45) is 18.9 Å². The second-order valence-corrected chi connectivity index (χ2v) is 6.10. The zero-order chi connectivity index (χ0) is 15.0. The lowest BCUT2D eigenvalue weighted by Gasteiger charge is -2.24. The Morgan fingerprint density at radius 3 is 3.05 bits per heavy atom. The van der Waals surface area contributed by atoms with Crippen LogP contribution in [-0.4, -0.2) is 52.9 Å². The number of carbonyl (C=O) groups is 1. The van der Waals surface area contributed by atoms with E-state index < -0.39 is 0 Å². The van der Waals surface area contributed by atoms with Crippen LogP contribution in [0.25, 0.3) is 0 Å². The van der Waals surface area contributed by atoms with Gasteiger partial charge in [0, 0.05) is 26.2 Å². The van der Waals surface area contributed by atoms with Crippen LogP contribution < -0.4 is 5.32 Å². The number of aromatic nitrogens is 2. The highest BCUT2D eigenvalue weighted by Gasteiger charge is 2.42. The first-order valence-electron chi connectivity index (χ1n) is 7.74. The molecule has 6 heteroatoms. The fourth-order valence-electron chi connectivity index (χ4n) is 3.69. The predicted octanol–water partition coefficient (Wildman–Crippen LogP) is 0.637. The number of nitrogens with one attached hydrogen (secondary N) is 1. The van der Waals surface area contributed by atoms with Crippen molar-refractivity contribution in [3.05, 3.63) is 17.5 Å². The SMILES string of the molecule is CCOC(=O)c1cnn(C)c1CN1CC2CNCC2C1C. The number of esters is 1. The largest absolute Gasteiger partial charge is 0.462 e. The summed E-state index contributed by atoms with van der Waals surface area (Å²) in [6.45, 7) is 8.58. The highest BCUT2D eigenvalue weighted by Crippen LogP contribution is 2.33. The number of hydrogen-bond donors (Lipinski definition) is 1. The van der Waals surface area contributed by atoms with Crippen molar-refractivity contribution in [2.75, 3.05) is 26.2 Å². The van der Waals surface area contributed by atoms with Gasteiger partial charge in [0.1, 0.15) is 5.56 Å². The fraction of sp³-hybridized carbons (Fsp3) is 0.733. The number of aryl methyl sites for hydroxylation is 1. The van der Waals surface area contributed by atoms with Gasteiger partial charge in [-0.2, -0.15) is 5.10 Å². The smallest absolute Gasteiger partial charge is 0.341 e. The normalized spacial score (nSPS) is 28.8. The van der Waals surface area contributed by atoms with Gasteiger partial charge in [0.25, 0.3) is 0 Å². The number of likely N-dealkylation sites (tertiary alicyclic amines) is 1. The number of carbonyl (C=O) groups excluding carboxylic acids is 1. The Labute approximate surface area is 125 Å². The molecule has 2 fully saturated rings. The third-order valence-electron chi connectivity index (χ3n) is 4.97. The van der Waals surface area contributed by atoms with Gasteiger partial charge in [-0.15, -0.1) is 0 Å². The molecule has 0 bridgehead atoms. The van der Waals surface area contributed by atoms with Crippen molar-refractivity contribution < 1.29 is 9.53 Å². The summed E-state index contributed by atoms with van der Waals surface area (Å²) in [5.41, 5.74) is 1.55. The third kappa shape index (κ3) is 2.58. The lowest BCUT2D eigenvalue weighted by molar-refractivity contribution is 0.0523. The summed E-state index contributed by atoms with van der Waals surface area (Å²) in [6.07, 6.45) is 1.62. The van der Waals surface area contributed by atoms with Crippen molar-refractivity contribution >= 4 is 5.97 Å². The van der Waals surface area contributed by atoms with Crippen molar-refractivity contribution in [3.63, 3.8) is 0 Å². The maximum Gasteiger partial charge on any atom is 0.341 e. The molecule has 0 amide bonds. The molecule has 3 rings (SSSR count). The summed E-state index contributed by atoms with van der Waals surface area (Å²) in [6, 6.07) is 0.537. The minimum atomic E-state index is -0.269. The van der Waals surface area contributed by atoms with Crippen molar-refractivity contribution in [3.8, 4) is 0 Å². The molecule has 3 heterocycles. The molecule has 0 aliphatic carbocycles. The predicted molar refractivity (Wildman–Crippen MR) is 78.9 cm³/mol. The minimum Gasteiger partial charge on any atom is -0.462 e. The molecular weight excluding hydrogens is 268 g/mol. The molecule has 2 saturated heterocycles. The molecule has 3 atom stereocenters. The summed E-state index contributed by atoms with van der Waals surface area (Å²) >= 11 is 0. The molecule has 0 saturated carbocycles. The van der Waals surface area contributed by atoms with Crippen molar-refractivity contribution in [2.45, 2.75) is 26.4 Å². The highest BCUT2D eigenvalue weighted by atomic mass is 16.5. The van der Waals surface area contributed by atoms with Gasteiger partial charge in [-0.25, -0.2) is 4.79 Å². The average Bonchev–Trinajstić information content (AvgIpc) is 3.11. The van der Waals surface area contributed by atoms with Crippen LogP contribution in [-0.2, 0) is 18.3 Å². The quantitative estimate of drug-likeness (QED) is 0.825. The molecule has 1 N–H and O–H groups in total. The zero-order valence-electron chi connectivity index (χ0n) is 13.0. The van der Waals surface area contributed by atoms with Crippen LogP contribution in [0.5, 0.6) is 0 Å². The van der Waals surface area contributed by atoms with E-state index in [1.165, 1.54) is 0 Å². The molecule has 2 aliphatic heterocycles. The van der Waals surface area contributed by atoms with Crippen LogP contribution in [0.4, 0.5) is 0 Å². The summed E-state index contributed by atoms with van der Waals surface area (Å²) in [4.78, 5) is 14.5. The molecule has 21 heavy (non-hydrogen) atoms. The van der Waals surface area contributed by atoms with E-state index in [-0.39, 0.29) is 5.97 Å². The second kappa shape index (κ2) is 5.77. The highest BCUT2D eigenvalue weighted by molar-refractivity contribution is 5.90. The number of rotatable bonds is 4. The van der Waals surface area contributed by atoms with Crippen LogP contribution >= 0.6 is 0 Å². The van der Waals surface area contributed by atoms with Gasteiger partial charge < -0.3 is 10.1 Å². The standard InChI is InChI=1S/C15H24N4O2/c1-4-21-15(20)13-7-17-18(3)14(13)9-19-8-11-5-16-6-12(11)10(19)2/h7,10-12,16H,4-6,8-9H2,1-3H3. The summed E-state index contributed by atoms with van der Waals surface area (Å²) < 4.78 is 6.92. The lowest BCUT2D eigenvalue weighted by atomic mass is 9.95. The van der Waals surface area contributed by atoms with Gasteiger partial charge in [0.2, 0.25) is 0 Å². The van der Waals surface area contributed by atoms with Crippen LogP contribution in [0.15, 0.2) is 6.20 Å². The van der Waals surface area contributed by atoms with Crippen molar-refractivity contribution in [1.29, 1.82) is 0 Å². The first-order valence-corrected chi connectivity index (χ1v) is 7.74. The second-order valence-electron chi connectivity index (χ2n) is 6.10. The number of ether oxygens (including phenoxy) is 1. The van der Waals surface area contributed by atoms with E-state index in [2.05, 4.69) is 22.2 Å². The van der Waals surface area contributed by atoms with E-state index >= 15 is 0 Å².